The van der Waals surface area contributed by atoms with Gasteiger partial charge in [0.1, 0.15) is 22.5 Å². The fourth-order valence-corrected chi connectivity index (χ4v) is 8.05. The zero-order valence-corrected chi connectivity index (χ0v) is 26.4. The van der Waals surface area contributed by atoms with Crippen molar-refractivity contribution >= 4 is 98.6 Å². The van der Waals surface area contributed by atoms with E-state index in [4.69, 9.17) is 24.9 Å². The van der Waals surface area contributed by atoms with E-state index < -0.39 is 0 Å². The van der Waals surface area contributed by atoms with Gasteiger partial charge >= 0.3 is 0 Å². The molecule has 12 rings (SSSR count). The third-order valence-electron chi connectivity index (χ3n) is 10.3. The van der Waals surface area contributed by atoms with Crippen LogP contribution in [0.25, 0.3) is 110 Å². The number of rotatable bonds is 1. The van der Waals surface area contributed by atoms with Crippen LogP contribution in [0.3, 0.4) is 0 Å². The molecule has 0 amide bonds. The van der Waals surface area contributed by atoms with E-state index in [1.807, 2.05) is 18.3 Å². The largest absolute Gasteiger partial charge is 0.276 e. The Morgan fingerprint density at radius 3 is 1.90 bits per heavy atom. The monoisotopic (exact) mass is 637 g/mol. The number of pyridine rings is 3. The van der Waals surface area contributed by atoms with Crippen molar-refractivity contribution in [1.29, 1.82) is 0 Å². The SMILES string of the molecule is c1ccc2cc3c(cc2c1)c1nccnc1n1c2ccc(-c4ccc5cc6c(cc5c4)c4cccnc4n4c5ccccc5nc64)cc2nc31. The van der Waals surface area contributed by atoms with Gasteiger partial charge in [-0.1, -0.05) is 54.6 Å². The van der Waals surface area contributed by atoms with Crippen molar-refractivity contribution in [2.45, 2.75) is 0 Å². The zero-order valence-electron chi connectivity index (χ0n) is 26.4. The fourth-order valence-electron chi connectivity index (χ4n) is 8.05. The molecule has 0 unspecified atom stereocenters. The van der Waals surface area contributed by atoms with Gasteiger partial charge in [-0.15, -0.1) is 0 Å². The van der Waals surface area contributed by atoms with Crippen molar-refractivity contribution in [3.05, 3.63) is 140 Å². The number of aromatic nitrogens is 7. The maximum atomic E-state index is 5.25. The summed E-state index contributed by atoms with van der Waals surface area (Å²) >= 11 is 0. The maximum Gasteiger partial charge on any atom is 0.165 e. The summed E-state index contributed by atoms with van der Waals surface area (Å²) in [4.78, 5) is 24.8. The number of fused-ring (bicyclic) bond motifs is 18. The average molecular weight is 638 g/mol. The van der Waals surface area contributed by atoms with Crippen LogP contribution in [0.4, 0.5) is 0 Å². The van der Waals surface area contributed by atoms with E-state index in [0.717, 1.165) is 99.0 Å². The van der Waals surface area contributed by atoms with Gasteiger partial charge in [-0.25, -0.2) is 19.9 Å². The molecular formula is C43H23N7. The first-order chi connectivity index (χ1) is 24.8. The van der Waals surface area contributed by atoms with Crippen LogP contribution in [0.15, 0.2) is 140 Å². The quantitative estimate of drug-likeness (QED) is 0.132. The number of para-hydroxylation sites is 2. The van der Waals surface area contributed by atoms with Gasteiger partial charge in [-0.05, 0) is 105 Å². The van der Waals surface area contributed by atoms with Gasteiger partial charge in [0.05, 0.1) is 22.1 Å². The highest BCUT2D eigenvalue weighted by atomic mass is 15.1. The predicted octanol–water partition coefficient (Wildman–Crippen LogP) is 10.1. The molecule has 0 aliphatic rings. The van der Waals surface area contributed by atoms with E-state index in [1.165, 1.54) is 10.8 Å². The molecule has 12 aromatic rings. The van der Waals surface area contributed by atoms with Crippen molar-refractivity contribution < 1.29 is 0 Å². The standard InChI is InChI=1S/C43H23N7/c1-2-7-25-20-34-32(19-24(25)6-1)39-43(46-17-16-44-39)50-38-14-13-28(23-36(38)48-42(34)50)26-11-12-27-21-33-31(22-29(27)18-26)30-8-5-15-45-40(30)49-37-10-4-3-9-35(37)47-41(33)49/h1-23H. The minimum Gasteiger partial charge on any atom is -0.276 e. The molecular weight excluding hydrogens is 615 g/mol. The minimum absolute atomic E-state index is 0.805. The fraction of sp³-hybridized carbons (Fsp3) is 0. The first-order valence-corrected chi connectivity index (χ1v) is 16.7. The molecule has 0 saturated carbocycles. The van der Waals surface area contributed by atoms with Crippen LogP contribution >= 0.6 is 0 Å². The molecule has 0 aliphatic heterocycles. The van der Waals surface area contributed by atoms with Crippen molar-refractivity contribution in [3.63, 3.8) is 0 Å². The molecule has 0 spiro atoms. The normalized spacial score (nSPS) is 12.4. The van der Waals surface area contributed by atoms with Gasteiger partial charge in [0.15, 0.2) is 5.65 Å². The van der Waals surface area contributed by atoms with Crippen molar-refractivity contribution in [2.75, 3.05) is 0 Å². The molecule has 0 bridgehead atoms. The van der Waals surface area contributed by atoms with Gasteiger partial charge < -0.3 is 0 Å². The molecule has 6 heterocycles. The molecule has 6 aromatic carbocycles. The zero-order chi connectivity index (χ0) is 32.5. The Hall–Kier alpha value is -6.99. The minimum atomic E-state index is 0.805. The molecule has 0 N–H and O–H groups in total. The van der Waals surface area contributed by atoms with Gasteiger partial charge in [-0.2, -0.15) is 0 Å². The summed E-state index contributed by atoms with van der Waals surface area (Å²) in [6, 6.07) is 43.1. The molecule has 0 saturated heterocycles. The highest BCUT2D eigenvalue weighted by Gasteiger charge is 2.18. The Balaban J connectivity index is 1.09. The molecule has 0 atom stereocenters. The Labute approximate surface area is 282 Å². The smallest absolute Gasteiger partial charge is 0.165 e. The lowest BCUT2D eigenvalue weighted by Gasteiger charge is -2.11. The summed E-state index contributed by atoms with van der Waals surface area (Å²) in [5.41, 5.74) is 10.6. The first kappa shape index (κ1) is 26.0. The van der Waals surface area contributed by atoms with Gasteiger partial charge in [0.2, 0.25) is 0 Å². The van der Waals surface area contributed by atoms with Crippen LogP contribution in [0, 0.1) is 0 Å². The van der Waals surface area contributed by atoms with Crippen LogP contribution in [0.5, 0.6) is 0 Å². The van der Waals surface area contributed by atoms with Gasteiger partial charge in [0, 0.05) is 40.1 Å². The van der Waals surface area contributed by atoms with E-state index in [0.29, 0.717) is 0 Å². The Morgan fingerprint density at radius 2 is 1.00 bits per heavy atom. The van der Waals surface area contributed by atoms with Crippen LogP contribution in [-0.2, 0) is 0 Å². The average Bonchev–Trinajstić information content (AvgIpc) is 3.76. The summed E-state index contributed by atoms with van der Waals surface area (Å²) in [6.07, 6.45) is 5.38. The molecule has 6 aromatic heterocycles. The summed E-state index contributed by atoms with van der Waals surface area (Å²) in [5.74, 6) is 0. The van der Waals surface area contributed by atoms with Crippen LogP contribution in [-0.4, -0.2) is 33.7 Å². The maximum absolute atomic E-state index is 5.25. The Morgan fingerprint density at radius 1 is 0.360 bits per heavy atom. The summed E-state index contributed by atoms with van der Waals surface area (Å²) < 4.78 is 4.35. The second-order valence-corrected chi connectivity index (χ2v) is 13.0. The molecule has 7 heteroatoms. The van der Waals surface area contributed by atoms with Crippen molar-refractivity contribution in [3.8, 4) is 11.1 Å². The number of hydrogen-bond acceptors (Lipinski definition) is 5. The topological polar surface area (TPSA) is 73.3 Å². The molecule has 230 valence electrons. The second kappa shape index (κ2) is 9.33. The lowest BCUT2D eigenvalue weighted by atomic mass is 9.97. The predicted molar refractivity (Wildman–Crippen MR) is 203 cm³/mol. The number of benzene rings is 6. The number of nitrogens with zero attached hydrogens (tertiary/aromatic N) is 7. The first-order valence-electron chi connectivity index (χ1n) is 16.7. The number of imidazole rings is 2. The highest BCUT2D eigenvalue weighted by Crippen LogP contribution is 2.37. The van der Waals surface area contributed by atoms with E-state index in [9.17, 15) is 0 Å². The molecule has 7 nitrogen and oxygen atoms in total. The van der Waals surface area contributed by atoms with Crippen LogP contribution in [0.1, 0.15) is 0 Å². The lowest BCUT2D eigenvalue weighted by molar-refractivity contribution is 1.19. The lowest BCUT2D eigenvalue weighted by Crippen LogP contribution is -1.95. The van der Waals surface area contributed by atoms with Gasteiger partial charge in [-0.3, -0.25) is 13.8 Å². The Kier molecular flexibility index (Phi) is 4.86. The van der Waals surface area contributed by atoms with E-state index >= 15 is 0 Å². The summed E-state index contributed by atoms with van der Waals surface area (Å²) in [5, 5.41) is 10.1. The number of hydrogen-bond donors (Lipinski definition) is 0. The molecule has 0 radical (unpaired) electrons. The highest BCUT2D eigenvalue weighted by molar-refractivity contribution is 6.18. The van der Waals surface area contributed by atoms with E-state index in [-0.39, 0.29) is 0 Å². The van der Waals surface area contributed by atoms with Gasteiger partial charge in [0.25, 0.3) is 0 Å². The van der Waals surface area contributed by atoms with Crippen molar-refractivity contribution in [1.82, 2.24) is 33.7 Å². The second-order valence-electron chi connectivity index (χ2n) is 13.0. The molecule has 0 fully saturated rings. The van der Waals surface area contributed by atoms with Crippen LogP contribution in [0.2, 0.25) is 0 Å². The summed E-state index contributed by atoms with van der Waals surface area (Å²) in [6.45, 7) is 0. The third-order valence-corrected chi connectivity index (χ3v) is 10.3. The summed E-state index contributed by atoms with van der Waals surface area (Å²) in [7, 11) is 0. The van der Waals surface area contributed by atoms with E-state index in [1.54, 1.807) is 12.4 Å². The van der Waals surface area contributed by atoms with Crippen molar-refractivity contribution in [2.24, 2.45) is 0 Å². The molecule has 50 heavy (non-hydrogen) atoms. The third kappa shape index (κ3) is 3.40. The molecule has 0 aliphatic carbocycles. The Bertz CT molecular complexity index is 3450. The van der Waals surface area contributed by atoms with Crippen LogP contribution < -0.4 is 0 Å². The van der Waals surface area contributed by atoms with E-state index in [2.05, 4.69) is 118 Å².